The zero-order chi connectivity index (χ0) is 18.5. The van der Waals surface area contributed by atoms with Crippen molar-refractivity contribution in [2.24, 2.45) is 5.92 Å². The fourth-order valence-corrected chi connectivity index (χ4v) is 3.27. The Balaban J connectivity index is 1.62. The molecule has 0 radical (unpaired) electrons. The van der Waals surface area contributed by atoms with Crippen molar-refractivity contribution in [2.75, 3.05) is 13.2 Å². The van der Waals surface area contributed by atoms with E-state index in [1.165, 1.54) is 36.4 Å². The third-order valence-electron chi connectivity index (χ3n) is 4.64. The van der Waals surface area contributed by atoms with E-state index in [1.54, 1.807) is 0 Å². The molecule has 0 amide bonds. The Morgan fingerprint density at radius 2 is 1.54 bits per heavy atom. The van der Waals surface area contributed by atoms with Gasteiger partial charge in [0.15, 0.2) is 6.29 Å². The van der Waals surface area contributed by atoms with Gasteiger partial charge in [0.1, 0.15) is 17.5 Å². The first-order valence-electron chi connectivity index (χ1n) is 9.04. The van der Waals surface area contributed by atoms with Crippen LogP contribution < -0.4 is 0 Å². The minimum absolute atomic E-state index is 0.138. The lowest BCUT2D eigenvalue weighted by molar-refractivity contribution is -0.203. The minimum atomic E-state index is -0.653. The van der Waals surface area contributed by atoms with Gasteiger partial charge in [0.25, 0.3) is 0 Å². The molecular weight excluding hydrogens is 341 g/mol. The van der Waals surface area contributed by atoms with Crippen molar-refractivity contribution in [1.82, 2.24) is 0 Å². The molecule has 2 aromatic rings. The van der Waals surface area contributed by atoms with Crippen LogP contribution in [0, 0.1) is 23.4 Å². The summed E-state index contributed by atoms with van der Waals surface area (Å²) in [4.78, 5) is 0. The molecule has 0 bridgehead atoms. The molecule has 0 unspecified atom stereocenters. The van der Waals surface area contributed by atoms with Gasteiger partial charge in [0.05, 0.1) is 18.8 Å². The highest BCUT2D eigenvalue weighted by molar-refractivity contribution is 5.65. The van der Waals surface area contributed by atoms with Crippen molar-refractivity contribution < 1.29 is 22.6 Å². The maximum Gasteiger partial charge on any atom is 0.157 e. The third-order valence-corrected chi connectivity index (χ3v) is 4.64. The number of rotatable bonds is 6. The van der Waals surface area contributed by atoms with Crippen molar-refractivity contribution in [1.29, 1.82) is 0 Å². The summed E-state index contributed by atoms with van der Waals surface area (Å²) in [6.45, 7) is 3.47. The van der Waals surface area contributed by atoms with E-state index in [-0.39, 0.29) is 11.9 Å². The first-order chi connectivity index (χ1) is 12.6. The summed E-state index contributed by atoms with van der Waals surface area (Å²) < 4.78 is 53.2. The number of ether oxygens (including phenoxy) is 2. The van der Waals surface area contributed by atoms with Crippen molar-refractivity contribution in [2.45, 2.75) is 38.9 Å². The highest BCUT2D eigenvalue weighted by Crippen LogP contribution is 2.28. The van der Waals surface area contributed by atoms with Crippen molar-refractivity contribution in [3.05, 3.63) is 59.4 Å². The number of aryl methyl sites for hydroxylation is 1. The Kier molecular flexibility index (Phi) is 6.33. The highest BCUT2D eigenvalue weighted by atomic mass is 19.1. The first kappa shape index (κ1) is 18.9. The summed E-state index contributed by atoms with van der Waals surface area (Å²) in [7, 11) is 0. The van der Waals surface area contributed by atoms with Gasteiger partial charge in [-0.3, -0.25) is 0 Å². The Bertz CT molecular complexity index is 700. The number of benzene rings is 2. The summed E-state index contributed by atoms with van der Waals surface area (Å²) in [6, 6.07) is 7.76. The van der Waals surface area contributed by atoms with E-state index in [1.807, 2.05) is 0 Å². The normalized spacial score (nSPS) is 20.3. The van der Waals surface area contributed by atoms with E-state index in [0.717, 1.165) is 12.8 Å². The monoisotopic (exact) mass is 364 g/mol. The number of hydrogen-bond donors (Lipinski definition) is 0. The SMILES string of the molecule is CCCC1COC(CCc2cc(F)c(-c3ccc(F)cc3)c(F)c2)OC1. The molecule has 5 heteroatoms. The Morgan fingerprint density at radius 3 is 2.12 bits per heavy atom. The molecule has 2 nitrogen and oxygen atoms in total. The second-order valence-electron chi connectivity index (χ2n) is 6.73. The predicted octanol–water partition coefficient (Wildman–Crippen LogP) is 5.49. The van der Waals surface area contributed by atoms with E-state index >= 15 is 0 Å². The maximum absolute atomic E-state index is 14.4. The molecule has 1 aliphatic heterocycles. The van der Waals surface area contributed by atoms with Gasteiger partial charge in [0, 0.05) is 12.3 Å². The zero-order valence-corrected chi connectivity index (χ0v) is 14.8. The molecule has 0 saturated carbocycles. The highest BCUT2D eigenvalue weighted by Gasteiger charge is 2.22. The topological polar surface area (TPSA) is 18.5 Å². The Labute approximate surface area is 151 Å². The van der Waals surface area contributed by atoms with E-state index in [9.17, 15) is 13.2 Å². The molecule has 2 aromatic carbocycles. The predicted molar refractivity (Wildman–Crippen MR) is 94.2 cm³/mol. The van der Waals surface area contributed by atoms with Gasteiger partial charge >= 0.3 is 0 Å². The van der Waals surface area contributed by atoms with Gasteiger partial charge in [0.2, 0.25) is 0 Å². The lowest BCUT2D eigenvalue weighted by atomic mass is 10.00. The van der Waals surface area contributed by atoms with Crippen LogP contribution in [-0.2, 0) is 15.9 Å². The second-order valence-corrected chi connectivity index (χ2v) is 6.73. The van der Waals surface area contributed by atoms with Crippen LogP contribution in [0.1, 0.15) is 31.7 Å². The van der Waals surface area contributed by atoms with Crippen LogP contribution in [0.4, 0.5) is 13.2 Å². The molecule has 0 spiro atoms. The standard InChI is InChI=1S/C21H23F3O2/c1-2-3-15-12-25-20(26-13-15)9-4-14-10-18(23)21(19(24)11-14)16-5-7-17(22)8-6-16/h5-8,10-11,15,20H,2-4,9,12-13H2,1H3. The van der Waals surface area contributed by atoms with Gasteiger partial charge in [-0.25, -0.2) is 13.2 Å². The summed E-state index contributed by atoms with van der Waals surface area (Å²) in [5, 5.41) is 0. The maximum atomic E-state index is 14.4. The van der Waals surface area contributed by atoms with Gasteiger partial charge in [-0.1, -0.05) is 25.5 Å². The van der Waals surface area contributed by atoms with Crippen LogP contribution in [0.2, 0.25) is 0 Å². The molecule has 1 aliphatic rings. The van der Waals surface area contributed by atoms with E-state index in [4.69, 9.17) is 9.47 Å². The molecule has 1 heterocycles. The molecular formula is C21H23F3O2. The lowest BCUT2D eigenvalue weighted by Crippen LogP contribution is -2.32. The van der Waals surface area contributed by atoms with Crippen LogP contribution in [0.3, 0.4) is 0 Å². The minimum Gasteiger partial charge on any atom is -0.352 e. The van der Waals surface area contributed by atoms with Gasteiger partial charge in [-0.2, -0.15) is 0 Å². The number of hydrogen-bond acceptors (Lipinski definition) is 2. The summed E-state index contributed by atoms with van der Waals surface area (Å²) in [5.41, 5.74) is 0.726. The van der Waals surface area contributed by atoms with E-state index < -0.39 is 17.5 Å². The molecule has 1 fully saturated rings. The molecule has 0 aromatic heterocycles. The van der Waals surface area contributed by atoms with Crippen LogP contribution in [0.25, 0.3) is 11.1 Å². The van der Waals surface area contributed by atoms with Crippen LogP contribution in [0.5, 0.6) is 0 Å². The first-order valence-corrected chi connectivity index (χ1v) is 9.04. The van der Waals surface area contributed by atoms with Gasteiger partial charge < -0.3 is 9.47 Å². The summed E-state index contributed by atoms with van der Waals surface area (Å²) >= 11 is 0. The Hall–Kier alpha value is -1.85. The molecule has 1 saturated heterocycles. The van der Waals surface area contributed by atoms with Crippen LogP contribution in [0.15, 0.2) is 36.4 Å². The zero-order valence-electron chi connectivity index (χ0n) is 14.8. The van der Waals surface area contributed by atoms with E-state index in [2.05, 4.69) is 6.92 Å². The molecule has 140 valence electrons. The lowest BCUT2D eigenvalue weighted by Gasteiger charge is -2.29. The van der Waals surface area contributed by atoms with Crippen molar-refractivity contribution >= 4 is 0 Å². The number of halogens is 3. The molecule has 0 N–H and O–H groups in total. The quantitative estimate of drug-likeness (QED) is 0.674. The van der Waals surface area contributed by atoms with Gasteiger partial charge in [-0.15, -0.1) is 0 Å². The third kappa shape index (κ3) is 4.65. The second kappa shape index (κ2) is 8.69. The van der Waals surface area contributed by atoms with E-state index in [0.29, 0.717) is 43.1 Å². The van der Waals surface area contributed by atoms with Crippen molar-refractivity contribution in [3.8, 4) is 11.1 Å². The summed E-state index contributed by atoms with van der Waals surface area (Å²) in [5.74, 6) is -1.32. The fourth-order valence-electron chi connectivity index (χ4n) is 3.27. The fraction of sp³-hybridized carbons (Fsp3) is 0.429. The average Bonchev–Trinajstić information content (AvgIpc) is 2.62. The van der Waals surface area contributed by atoms with Gasteiger partial charge in [-0.05, 0) is 48.2 Å². The smallest absolute Gasteiger partial charge is 0.157 e. The molecule has 3 rings (SSSR count). The average molecular weight is 364 g/mol. The van der Waals surface area contributed by atoms with Crippen LogP contribution >= 0.6 is 0 Å². The van der Waals surface area contributed by atoms with Crippen molar-refractivity contribution in [3.63, 3.8) is 0 Å². The van der Waals surface area contributed by atoms with Crippen LogP contribution in [-0.4, -0.2) is 19.5 Å². The molecule has 0 aliphatic carbocycles. The molecule has 0 atom stereocenters. The molecule has 26 heavy (non-hydrogen) atoms. The Morgan fingerprint density at radius 1 is 0.923 bits per heavy atom. The largest absolute Gasteiger partial charge is 0.352 e. The summed E-state index contributed by atoms with van der Waals surface area (Å²) in [6.07, 6.45) is 2.86.